The number of aromatic nitrogens is 2. The highest BCUT2D eigenvalue weighted by Gasteiger charge is 2.30. The Morgan fingerprint density at radius 2 is 2.22 bits per heavy atom. The van der Waals surface area contributed by atoms with E-state index in [4.69, 9.17) is 4.74 Å². The molecule has 0 aliphatic carbocycles. The number of piperazine rings is 1. The Labute approximate surface area is 110 Å². The molecule has 2 aliphatic heterocycles. The van der Waals surface area contributed by atoms with Gasteiger partial charge in [0.2, 0.25) is 0 Å². The molecular weight excluding hydrogens is 252 g/mol. The second-order valence-corrected chi connectivity index (χ2v) is 5.14. The van der Waals surface area contributed by atoms with Crippen LogP contribution < -0.4 is 4.90 Å². The summed E-state index contributed by atoms with van der Waals surface area (Å²) in [7, 11) is 0. The molecule has 3 heterocycles. The van der Waals surface area contributed by atoms with Crippen LogP contribution in [-0.2, 0) is 9.53 Å². The number of hydrogen-bond acceptors (Lipinski definition) is 6. The van der Waals surface area contributed by atoms with E-state index in [1.807, 2.05) is 4.90 Å². The Bertz CT molecular complexity index is 397. The topological polar surface area (TPSA) is 58.6 Å². The van der Waals surface area contributed by atoms with Crippen LogP contribution in [0.25, 0.3) is 0 Å². The number of amides is 1. The van der Waals surface area contributed by atoms with Crippen LogP contribution in [0.1, 0.15) is 12.8 Å². The van der Waals surface area contributed by atoms with E-state index in [0.29, 0.717) is 0 Å². The van der Waals surface area contributed by atoms with E-state index >= 15 is 0 Å². The Hall–Kier alpha value is -1.21. The molecule has 2 fully saturated rings. The first-order chi connectivity index (χ1) is 8.84. The lowest BCUT2D eigenvalue weighted by molar-refractivity contribution is -0.141. The van der Waals surface area contributed by atoms with Crippen LogP contribution in [0.4, 0.5) is 5.82 Å². The Kier molecular flexibility index (Phi) is 3.42. The van der Waals surface area contributed by atoms with Crippen molar-refractivity contribution in [1.29, 1.82) is 0 Å². The van der Waals surface area contributed by atoms with Crippen LogP contribution in [-0.4, -0.2) is 58.4 Å². The number of carbonyl (C=O) groups excluding carboxylic acids is 1. The zero-order valence-electron chi connectivity index (χ0n) is 10.1. The van der Waals surface area contributed by atoms with Crippen molar-refractivity contribution in [1.82, 2.24) is 13.6 Å². The van der Waals surface area contributed by atoms with Gasteiger partial charge in [0.15, 0.2) is 5.82 Å². The maximum Gasteiger partial charge on any atom is 0.251 e. The molecule has 6 nitrogen and oxygen atoms in total. The van der Waals surface area contributed by atoms with Crippen LogP contribution in [0.3, 0.4) is 0 Å². The highest BCUT2D eigenvalue weighted by molar-refractivity contribution is 6.99. The summed E-state index contributed by atoms with van der Waals surface area (Å²) in [5.74, 6) is 1.08. The molecule has 1 unspecified atom stereocenters. The number of nitrogens with zero attached hydrogens (tertiary/aromatic N) is 4. The number of hydrogen-bond donors (Lipinski definition) is 0. The quantitative estimate of drug-likeness (QED) is 0.775. The lowest BCUT2D eigenvalue weighted by Gasteiger charge is -2.35. The van der Waals surface area contributed by atoms with Crippen molar-refractivity contribution >= 4 is 23.5 Å². The number of anilines is 1. The fourth-order valence-corrected chi connectivity index (χ4v) is 2.87. The molecule has 0 N–H and O–H groups in total. The largest absolute Gasteiger partial charge is 0.368 e. The highest BCUT2D eigenvalue weighted by Crippen LogP contribution is 2.18. The van der Waals surface area contributed by atoms with Gasteiger partial charge >= 0.3 is 0 Å². The molecule has 7 heteroatoms. The predicted octanol–water partition coefficient (Wildman–Crippen LogP) is 0.366. The van der Waals surface area contributed by atoms with Crippen LogP contribution in [0.15, 0.2) is 6.20 Å². The van der Waals surface area contributed by atoms with E-state index in [1.54, 1.807) is 6.20 Å². The molecule has 2 saturated heterocycles. The maximum absolute atomic E-state index is 12.2. The monoisotopic (exact) mass is 268 g/mol. The minimum atomic E-state index is -0.197. The lowest BCUT2D eigenvalue weighted by atomic mass is 10.2. The van der Waals surface area contributed by atoms with Crippen molar-refractivity contribution in [2.24, 2.45) is 0 Å². The molecule has 1 aromatic rings. The first-order valence-corrected chi connectivity index (χ1v) is 7.00. The van der Waals surface area contributed by atoms with Gasteiger partial charge < -0.3 is 14.5 Å². The van der Waals surface area contributed by atoms with Crippen LogP contribution in [0.2, 0.25) is 0 Å². The fourth-order valence-electron chi connectivity index (χ4n) is 2.43. The molecule has 18 heavy (non-hydrogen) atoms. The second-order valence-electron chi connectivity index (χ2n) is 4.58. The number of ether oxygens (including phenoxy) is 1. The first-order valence-electron chi connectivity index (χ1n) is 6.27. The fraction of sp³-hybridized carbons (Fsp3) is 0.727. The first kappa shape index (κ1) is 11.9. The Balaban J connectivity index is 1.55. The van der Waals surface area contributed by atoms with E-state index in [1.165, 1.54) is 11.7 Å². The molecule has 98 valence electrons. The molecule has 0 radical (unpaired) electrons. The van der Waals surface area contributed by atoms with Crippen molar-refractivity contribution in [2.45, 2.75) is 18.9 Å². The highest BCUT2D eigenvalue weighted by atomic mass is 32.1. The van der Waals surface area contributed by atoms with Crippen molar-refractivity contribution in [2.75, 3.05) is 37.7 Å². The average molecular weight is 268 g/mol. The molecule has 1 amide bonds. The normalized spacial score (nSPS) is 24.6. The summed E-state index contributed by atoms with van der Waals surface area (Å²) in [5.41, 5.74) is 0. The van der Waals surface area contributed by atoms with E-state index in [0.717, 1.165) is 51.4 Å². The number of carbonyl (C=O) groups is 1. The molecule has 2 aliphatic rings. The summed E-state index contributed by atoms with van der Waals surface area (Å²) in [4.78, 5) is 16.2. The van der Waals surface area contributed by atoms with Crippen molar-refractivity contribution in [3.63, 3.8) is 0 Å². The second kappa shape index (κ2) is 5.19. The van der Waals surface area contributed by atoms with Gasteiger partial charge in [-0.1, -0.05) is 0 Å². The minimum Gasteiger partial charge on any atom is -0.368 e. The molecule has 1 aromatic heterocycles. The summed E-state index contributed by atoms with van der Waals surface area (Å²) >= 11 is 1.22. The maximum atomic E-state index is 12.2. The van der Waals surface area contributed by atoms with E-state index < -0.39 is 0 Å². The lowest BCUT2D eigenvalue weighted by Crippen LogP contribution is -2.51. The SMILES string of the molecule is O=C(C1CCCO1)N1CCN(c2cnsn2)CC1. The summed E-state index contributed by atoms with van der Waals surface area (Å²) in [6.45, 7) is 3.86. The summed E-state index contributed by atoms with van der Waals surface area (Å²) in [6, 6.07) is 0. The van der Waals surface area contributed by atoms with Gasteiger partial charge in [-0.2, -0.15) is 8.75 Å². The van der Waals surface area contributed by atoms with Crippen molar-refractivity contribution in [3.05, 3.63) is 6.20 Å². The summed E-state index contributed by atoms with van der Waals surface area (Å²) in [6.07, 6.45) is 3.45. The van der Waals surface area contributed by atoms with E-state index in [2.05, 4.69) is 13.6 Å². The Morgan fingerprint density at radius 3 is 2.83 bits per heavy atom. The molecule has 0 aromatic carbocycles. The average Bonchev–Trinajstić information content (AvgIpc) is 3.11. The third-order valence-electron chi connectivity index (χ3n) is 3.47. The molecule has 3 rings (SSSR count). The van der Waals surface area contributed by atoms with Gasteiger partial charge in [-0.3, -0.25) is 4.79 Å². The van der Waals surface area contributed by atoms with E-state index in [-0.39, 0.29) is 12.0 Å². The molecule has 1 atom stereocenters. The zero-order chi connectivity index (χ0) is 12.4. The Morgan fingerprint density at radius 1 is 1.39 bits per heavy atom. The van der Waals surface area contributed by atoms with Crippen LogP contribution in [0.5, 0.6) is 0 Å². The predicted molar refractivity (Wildman–Crippen MR) is 67.7 cm³/mol. The molecule has 0 spiro atoms. The van der Waals surface area contributed by atoms with Gasteiger partial charge in [-0.25, -0.2) is 0 Å². The summed E-state index contributed by atoms with van der Waals surface area (Å²) < 4.78 is 13.7. The van der Waals surface area contributed by atoms with Crippen molar-refractivity contribution in [3.8, 4) is 0 Å². The van der Waals surface area contributed by atoms with Crippen LogP contribution >= 0.6 is 11.7 Å². The summed E-state index contributed by atoms with van der Waals surface area (Å²) in [5, 5.41) is 0. The van der Waals surface area contributed by atoms with Gasteiger partial charge in [-0.15, -0.1) is 0 Å². The van der Waals surface area contributed by atoms with Gasteiger partial charge in [0, 0.05) is 32.8 Å². The number of rotatable bonds is 2. The van der Waals surface area contributed by atoms with E-state index in [9.17, 15) is 4.79 Å². The zero-order valence-corrected chi connectivity index (χ0v) is 10.9. The standard InChI is InChI=1S/C11H16N4O2S/c16-11(9-2-1-7-17-9)15-5-3-14(4-6-15)10-8-12-18-13-10/h8-9H,1-7H2. The molecular formula is C11H16N4O2S. The van der Waals surface area contributed by atoms with Crippen LogP contribution in [0, 0.1) is 0 Å². The smallest absolute Gasteiger partial charge is 0.251 e. The van der Waals surface area contributed by atoms with Gasteiger partial charge in [-0.05, 0) is 12.8 Å². The molecule has 0 bridgehead atoms. The van der Waals surface area contributed by atoms with Crippen molar-refractivity contribution < 1.29 is 9.53 Å². The van der Waals surface area contributed by atoms with Gasteiger partial charge in [0.05, 0.1) is 17.9 Å². The third kappa shape index (κ3) is 2.32. The third-order valence-corrected chi connectivity index (χ3v) is 3.94. The van der Waals surface area contributed by atoms with Gasteiger partial charge in [0.25, 0.3) is 5.91 Å². The minimum absolute atomic E-state index is 0.156. The van der Waals surface area contributed by atoms with Gasteiger partial charge in [0.1, 0.15) is 6.10 Å². The molecule has 0 saturated carbocycles.